The van der Waals surface area contributed by atoms with Gasteiger partial charge in [0.15, 0.2) is 17.5 Å². The van der Waals surface area contributed by atoms with E-state index in [0.29, 0.717) is 17.5 Å². The average Bonchev–Trinajstić information content (AvgIpc) is 3.72. The van der Waals surface area contributed by atoms with Gasteiger partial charge in [0.2, 0.25) is 0 Å². The molecule has 8 aromatic carbocycles. The molecule has 58 heavy (non-hydrogen) atoms. The van der Waals surface area contributed by atoms with Crippen molar-refractivity contribution in [1.82, 2.24) is 24.5 Å². The summed E-state index contributed by atoms with van der Waals surface area (Å²) in [5.41, 5.74) is 10.9. The number of nitrogens with zero attached hydrogens (tertiary/aromatic N) is 5. The van der Waals surface area contributed by atoms with Crippen molar-refractivity contribution in [1.29, 1.82) is 0 Å². The van der Waals surface area contributed by atoms with Gasteiger partial charge in [0.05, 0.1) is 5.52 Å². The van der Waals surface area contributed by atoms with E-state index < -0.39 is 0 Å². The Morgan fingerprint density at radius 3 is 1.50 bits per heavy atom. The smallest absolute Gasteiger partial charge is 0.164 e. The summed E-state index contributed by atoms with van der Waals surface area (Å²) in [6.45, 7) is 4.75. The Hall–Kier alpha value is -7.50. The summed E-state index contributed by atoms with van der Waals surface area (Å²) in [6.07, 6.45) is 1.89. The van der Waals surface area contributed by atoms with Crippen molar-refractivity contribution >= 4 is 54.3 Å². The normalized spacial score (nSPS) is 13.1. The summed E-state index contributed by atoms with van der Waals surface area (Å²) in [6, 6.07) is 60.4. The SMILES string of the molecule is CC1(C)c2cc3c4ccccc4c4ccccc4c3cc2-c2cc3c4cccnc4n(-c4cccc(-c5nc(-c6ccccc6)nc(-c6ccccc6)n5)c4)c3cc21. The fourth-order valence-corrected chi connectivity index (χ4v) is 9.45. The molecule has 0 spiro atoms. The molecule has 0 aliphatic heterocycles. The van der Waals surface area contributed by atoms with Crippen molar-refractivity contribution in [3.8, 4) is 51.0 Å². The van der Waals surface area contributed by atoms with Crippen molar-refractivity contribution in [3.63, 3.8) is 0 Å². The Labute approximate surface area is 335 Å². The maximum atomic E-state index is 5.05. The summed E-state index contributed by atoms with van der Waals surface area (Å²) >= 11 is 0. The fraction of sp³-hybridized carbons (Fsp3) is 0.0566. The van der Waals surface area contributed by atoms with Gasteiger partial charge in [0, 0.05) is 44.8 Å². The van der Waals surface area contributed by atoms with Crippen LogP contribution in [0.25, 0.3) is 105 Å². The van der Waals surface area contributed by atoms with E-state index in [2.05, 4.69) is 122 Å². The van der Waals surface area contributed by atoms with E-state index in [1.165, 1.54) is 60.0 Å². The molecule has 1 aliphatic rings. The summed E-state index contributed by atoms with van der Waals surface area (Å²) in [4.78, 5) is 20.0. The Morgan fingerprint density at radius 1 is 0.397 bits per heavy atom. The molecule has 0 bridgehead atoms. The van der Waals surface area contributed by atoms with Gasteiger partial charge in [-0.15, -0.1) is 0 Å². The number of benzene rings is 8. The predicted octanol–water partition coefficient (Wildman–Crippen LogP) is 13.1. The molecule has 3 aromatic heterocycles. The quantitative estimate of drug-likeness (QED) is 0.169. The first kappa shape index (κ1) is 32.7. The lowest BCUT2D eigenvalue weighted by Gasteiger charge is -2.22. The van der Waals surface area contributed by atoms with Gasteiger partial charge in [-0.05, 0) is 103 Å². The van der Waals surface area contributed by atoms with Crippen molar-refractivity contribution in [2.75, 3.05) is 0 Å². The first-order valence-corrected chi connectivity index (χ1v) is 19.8. The zero-order valence-corrected chi connectivity index (χ0v) is 32.0. The second kappa shape index (κ2) is 12.2. The van der Waals surface area contributed by atoms with Crippen LogP contribution in [0.4, 0.5) is 0 Å². The molecule has 0 saturated heterocycles. The van der Waals surface area contributed by atoms with E-state index in [4.69, 9.17) is 19.9 Å². The molecule has 0 N–H and O–H groups in total. The highest BCUT2D eigenvalue weighted by molar-refractivity contribution is 6.26. The van der Waals surface area contributed by atoms with E-state index in [9.17, 15) is 0 Å². The highest BCUT2D eigenvalue weighted by Crippen LogP contribution is 2.53. The number of aromatic nitrogens is 5. The van der Waals surface area contributed by atoms with Gasteiger partial charge in [-0.2, -0.15) is 0 Å². The zero-order chi connectivity index (χ0) is 38.5. The van der Waals surface area contributed by atoms with Crippen molar-refractivity contribution in [2.45, 2.75) is 19.3 Å². The number of hydrogen-bond donors (Lipinski definition) is 0. The average molecular weight is 742 g/mol. The maximum Gasteiger partial charge on any atom is 0.164 e. The first-order chi connectivity index (χ1) is 28.5. The van der Waals surface area contributed by atoms with Gasteiger partial charge in [-0.1, -0.05) is 135 Å². The molecule has 12 rings (SSSR count). The summed E-state index contributed by atoms with van der Waals surface area (Å²) in [5, 5.41) is 10.1. The lowest BCUT2D eigenvalue weighted by atomic mass is 9.81. The first-order valence-electron chi connectivity index (χ1n) is 19.8. The minimum atomic E-state index is -0.233. The van der Waals surface area contributed by atoms with Crippen molar-refractivity contribution in [2.24, 2.45) is 0 Å². The molecular weight excluding hydrogens is 707 g/mol. The highest BCUT2D eigenvalue weighted by Gasteiger charge is 2.37. The molecule has 1 aliphatic carbocycles. The molecule has 0 saturated carbocycles. The van der Waals surface area contributed by atoms with E-state index >= 15 is 0 Å². The van der Waals surface area contributed by atoms with E-state index in [1.54, 1.807) is 0 Å². The fourth-order valence-electron chi connectivity index (χ4n) is 9.45. The van der Waals surface area contributed by atoms with Gasteiger partial charge in [-0.3, -0.25) is 4.57 Å². The molecule has 0 unspecified atom stereocenters. The van der Waals surface area contributed by atoms with Gasteiger partial charge in [-0.25, -0.2) is 19.9 Å². The van der Waals surface area contributed by atoms with Gasteiger partial charge >= 0.3 is 0 Å². The molecule has 0 amide bonds. The molecule has 0 radical (unpaired) electrons. The van der Waals surface area contributed by atoms with Crippen LogP contribution in [0.15, 0.2) is 176 Å². The third kappa shape index (κ3) is 4.77. The number of hydrogen-bond acceptors (Lipinski definition) is 4. The molecule has 0 atom stereocenters. The van der Waals surface area contributed by atoms with Crippen LogP contribution in [-0.4, -0.2) is 24.5 Å². The van der Waals surface area contributed by atoms with Crippen LogP contribution in [-0.2, 0) is 5.41 Å². The maximum absolute atomic E-state index is 5.05. The lowest BCUT2D eigenvalue weighted by molar-refractivity contribution is 0.662. The monoisotopic (exact) mass is 741 g/mol. The van der Waals surface area contributed by atoms with Crippen molar-refractivity contribution < 1.29 is 0 Å². The Bertz CT molecular complexity index is 3420. The summed E-state index contributed by atoms with van der Waals surface area (Å²) in [7, 11) is 0. The van der Waals surface area contributed by atoms with E-state index in [-0.39, 0.29) is 5.41 Å². The topological polar surface area (TPSA) is 56.5 Å². The lowest BCUT2D eigenvalue weighted by Crippen LogP contribution is -2.15. The summed E-state index contributed by atoms with van der Waals surface area (Å²) in [5.74, 6) is 1.90. The van der Waals surface area contributed by atoms with E-state index in [1.807, 2.05) is 72.9 Å². The van der Waals surface area contributed by atoms with Crippen LogP contribution >= 0.6 is 0 Å². The van der Waals surface area contributed by atoms with Crippen LogP contribution in [0.5, 0.6) is 0 Å². The van der Waals surface area contributed by atoms with Crippen LogP contribution < -0.4 is 0 Å². The van der Waals surface area contributed by atoms with Crippen molar-refractivity contribution in [3.05, 3.63) is 187 Å². The largest absolute Gasteiger partial charge is 0.294 e. The Kier molecular flexibility index (Phi) is 6.91. The molecule has 3 heterocycles. The third-order valence-corrected chi connectivity index (χ3v) is 12.2. The summed E-state index contributed by atoms with van der Waals surface area (Å²) < 4.78 is 2.31. The van der Waals surface area contributed by atoms with Gasteiger partial charge < -0.3 is 0 Å². The van der Waals surface area contributed by atoms with Crippen LogP contribution in [0.3, 0.4) is 0 Å². The molecule has 0 fully saturated rings. The Balaban J connectivity index is 1.07. The van der Waals surface area contributed by atoms with Crippen LogP contribution in [0, 0.1) is 0 Å². The van der Waals surface area contributed by atoms with Crippen LogP contribution in [0.1, 0.15) is 25.0 Å². The van der Waals surface area contributed by atoms with Gasteiger partial charge in [0.25, 0.3) is 0 Å². The highest BCUT2D eigenvalue weighted by atomic mass is 15.1. The number of fused-ring (bicyclic) bond motifs is 12. The standard InChI is InChI=1S/C53H35N5/c1-53(2)46-30-42-39-24-12-10-22-37(39)36-21-9-11-23-38(36)41(42)28-43(46)44-29-45-40-25-14-26-54-52(40)58(48(45)31-47(44)53)35-20-13-19-34(27-35)51-56-49(32-15-5-3-6-16-32)55-50(57-51)33-17-7-4-8-18-33/h3-31H,1-2H3. The van der Waals surface area contributed by atoms with Crippen LogP contribution in [0.2, 0.25) is 0 Å². The minimum Gasteiger partial charge on any atom is -0.294 e. The second-order valence-electron chi connectivity index (χ2n) is 15.9. The molecule has 272 valence electrons. The molecular formula is C53H35N5. The molecule has 11 aromatic rings. The van der Waals surface area contributed by atoms with E-state index in [0.717, 1.165) is 38.9 Å². The predicted molar refractivity (Wildman–Crippen MR) is 238 cm³/mol. The van der Waals surface area contributed by atoms with Gasteiger partial charge in [0.1, 0.15) is 5.65 Å². The second-order valence-corrected chi connectivity index (χ2v) is 15.9. The molecule has 5 nitrogen and oxygen atoms in total. The zero-order valence-electron chi connectivity index (χ0n) is 32.0. The third-order valence-electron chi connectivity index (χ3n) is 12.2. The molecule has 5 heteroatoms. The number of rotatable bonds is 4. The Morgan fingerprint density at radius 2 is 0.879 bits per heavy atom. The minimum absolute atomic E-state index is 0.233. The number of pyridine rings is 1.